The van der Waals surface area contributed by atoms with Crippen molar-refractivity contribution >= 4 is 23.2 Å². The molecule has 1 atom stereocenters. The van der Waals surface area contributed by atoms with Crippen LogP contribution < -0.4 is 5.73 Å². The van der Waals surface area contributed by atoms with E-state index in [4.69, 9.17) is 17.3 Å². The molecule has 6 heteroatoms. The van der Waals surface area contributed by atoms with Crippen molar-refractivity contribution < 1.29 is 9.18 Å². The Labute approximate surface area is 127 Å². The molecule has 4 nitrogen and oxygen atoms in total. The number of hydrogen-bond acceptors (Lipinski definition) is 3. The monoisotopic (exact) mass is 307 g/mol. The molecule has 0 aliphatic rings. The predicted octanol–water partition coefficient (Wildman–Crippen LogP) is 3.29. The molecule has 2 aromatic rings. The number of aromatic nitrogens is 1. The van der Waals surface area contributed by atoms with Crippen LogP contribution in [0, 0.1) is 5.82 Å². The first-order valence-corrected chi connectivity index (χ1v) is 6.71. The highest BCUT2D eigenvalue weighted by molar-refractivity contribution is 6.29. The van der Waals surface area contributed by atoms with E-state index < -0.39 is 0 Å². The zero-order valence-corrected chi connectivity index (χ0v) is 12.4. The molecule has 2 N–H and O–H groups in total. The zero-order chi connectivity index (χ0) is 15.6. The Bertz CT molecular complexity index is 660. The first kappa shape index (κ1) is 15.3. The summed E-state index contributed by atoms with van der Waals surface area (Å²) in [4.78, 5) is 17.8. The van der Waals surface area contributed by atoms with Crippen molar-refractivity contribution in [2.24, 2.45) is 0 Å². The summed E-state index contributed by atoms with van der Waals surface area (Å²) < 4.78 is 13.0. The summed E-state index contributed by atoms with van der Waals surface area (Å²) in [6.45, 7) is 1.85. The van der Waals surface area contributed by atoms with Crippen molar-refractivity contribution in [3.05, 3.63) is 58.6 Å². The fraction of sp³-hybridized carbons (Fsp3) is 0.200. The molecule has 0 bridgehead atoms. The Morgan fingerprint density at radius 1 is 1.38 bits per heavy atom. The molecule has 110 valence electrons. The molecule has 0 aliphatic carbocycles. The highest BCUT2D eigenvalue weighted by Gasteiger charge is 2.21. The maximum absolute atomic E-state index is 13.0. The number of carbonyl (C=O) groups excluding carboxylic acids is 1. The third kappa shape index (κ3) is 3.31. The fourth-order valence-electron chi connectivity index (χ4n) is 1.96. The number of carbonyl (C=O) groups is 1. The van der Waals surface area contributed by atoms with Crippen molar-refractivity contribution in [1.82, 2.24) is 9.88 Å². The van der Waals surface area contributed by atoms with Crippen LogP contribution in [0.4, 0.5) is 10.1 Å². The van der Waals surface area contributed by atoms with Crippen molar-refractivity contribution in [2.75, 3.05) is 12.8 Å². The highest BCUT2D eigenvalue weighted by Crippen LogP contribution is 2.23. The molecule has 0 saturated carbocycles. The number of nitrogen functional groups attached to an aromatic ring is 1. The lowest BCUT2D eigenvalue weighted by Gasteiger charge is -2.26. The molecule has 2 rings (SSSR count). The van der Waals surface area contributed by atoms with Crippen LogP contribution in [0.1, 0.15) is 28.9 Å². The first-order valence-electron chi connectivity index (χ1n) is 6.34. The van der Waals surface area contributed by atoms with Crippen molar-refractivity contribution in [1.29, 1.82) is 0 Å². The van der Waals surface area contributed by atoms with E-state index in [0.717, 1.165) is 5.56 Å². The molecule has 0 spiro atoms. The van der Waals surface area contributed by atoms with Crippen LogP contribution in [0.2, 0.25) is 5.15 Å². The van der Waals surface area contributed by atoms with Gasteiger partial charge in [0.25, 0.3) is 5.91 Å². The molecule has 21 heavy (non-hydrogen) atoms. The first-order chi connectivity index (χ1) is 9.90. The summed E-state index contributed by atoms with van der Waals surface area (Å²) in [5.41, 5.74) is 7.16. The van der Waals surface area contributed by atoms with E-state index in [0.29, 0.717) is 5.56 Å². The fourth-order valence-corrected chi connectivity index (χ4v) is 2.11. The molecule has 0 saturated heterocycles. The molecular weight excluding hydrogens is 293 g/mol. The number of benzene rings is 1. The summed E-state index contributed by atoms with van der Waals surface area (Å²) in [7, 11) is 1.66. The van der Waals surface area contributed by atoms with E-state index in [1.165, 1.54) is 29.3 Å². The van der Waals surface area contributed by atoms with Crippen LogP contribution in [-0.4, -0.2) is 22.8 Å². The average Bonchev–Trinajstić information content (AvgIpc) is 2.48. The number of nitrogens with two attached hydrogens (primary N) is 1. The number of pyridine rings is 1. The minimum Gasteiger partial charge on any atom is -0.397 e. The molecular formula is C15H15ClFN3O. The van der Waals surface area contributed by atoms with Crippen LogP contribution in [0.15, 0.2) is 36.5 Å². The Morgan fingerprint density at radius 2 is 2.00 bits per heavy atom. The Kier molecular flexibility index (Phi) is 4.43. The lowest BCUT2D eigenvalue weighted by atomic mass is 10.1. The zero-order valence-electron chi connectivity index (χ0n) is 11.7. The normalized spacial score (nSPS) is 12.0. The molecule has 0 fully saturated rings. The lowest BCUT2D eigenvalue weighted by Crippen LogP contribution is -2.30. The van der Waals surface area contributed by atoms with Crippen molar-refractivity contribution in [3.8, 4) is 0 Å². The van der Waals surface area contributed by atoms with Gasteiger partial charge in [-0.05, 0) is 30.7 Å². The van der Waals surface area contributed by atoms with E-state index in [1.54, 1.807) is 19.2 Å². The van der Waals surface area contributed by atoms with Gasteiger partial charge in [-0.15, -0.1) is 0 Å². The summed E-state index contributed by atoms with van der Waals surface area (Å²) >= 11 is 5.80. The predicted molar refractivity (Wildman–Crippen MR) is 80.6 cm³/mol. The minimum atomic E-state index is -0.315. The van der Waals surface area contributed by atoms with E-state index in [1.807, 2.05) is 6.92 Å². The van der Waals surface area contributed by atoms with Crippen molar-refractivity contribution in [2.45, 2.75) is 13.0 Å². The lowest BCUT2D eigenvalue weighted by molar-refractivity contribution is 0.0743. The Morgan fingerprint density at radius 3 is 2.62 bits per heavy atom. The van der Waals surface area contributed by atoms with Gasteiger partial charge in [-0.1, -0.05) is 23.7 Å². The molecule has 1 aromatic carbocycles. The van der Waals surface area contributed by atoms with Crippen LogP contribution >= 0.6 is 11.6 Å². The standard InChI is InChI=1S/C15H15ClFN3O/c1-9(10-3-5-11(17)6-4-10)20(2)15(21)12-7-14(16)19-8-13(12)18/h3-9H,18H2,1-2H3. The van der Waals surface area contributed by atoms with Gasteiger partial charge in [0.15, 0.2) is 0 Å². The van der Waals surface area contributed by atoms with E-state index in [-0.39, 0.29) is 28.6 Å². The quantitative estimate of drug-likeness (QED) is 0.885. The number of amides is 1. The van der Waals surface area contributed by atoms with E-state index >= 15 is 0 Å². The SMILES string of the molecule is CC(c1ccc(F)cc1)N(C)C(=O)c1cc(Cl)ncc1N. The summed E-state index contributed by atoms with van der Waals surface area (Å²) in [6, 6.07) is 7.22. The van der Waals surface area contributed by atoms with Crippen LogP contribution in [-0.2, 0) is 0 Å². The Hall–Kier alpha value is -2.14. The van der Waals surface area contributed by atoms with Gasteiger partial charge in [-0.2, -0.15) is 0 Å². The van der Waals surface area contributed by atoms with Crippen LogP contribution in [0.5, 0.6) is 0 Å². The number of anilines is 1. The number of rotatable bonds is 3. The number of halogens is 2. The largest absolute Gasteiger partial charge is 0.397 e. The van der Waals surface area contributed by atoms with Crippen LogP contribution in [0.3, 0.4) is 0 Å². The second-order valence-electron chi connectivity index (χ2n) is 4.74. The van der Waals surface area contributed by atoms with E-state index in [9.17, 15) is 9.18 Å². The minimum absolute atomic E-state index is 0.204. The second kappa shape index (κ2) is 6.10. The number of hydrogen-bond donors (Lipinski definition) is 1. The molecule has 1 amide bonds. The maximum atomic E-state index is 13.0. The van der Waals surface area contributed by atoms with Gasteiger partial charge in [0, 0.05) is 7.05 Å². The third-order valence-corrected chi connectivity index (χ3v) is 3.59. The van der Waals surface area contributed by atoms with Gasteiger partial charge >= 0.3 is 0 Å². The van der Waals surface area contributed by atoms with Crippen LogP contribution in [0.25, 0.3) is 0 Å². The van der Waals surface area contributed by atoms with Gasteiger partial charge < -0.3 is 10.6 Å². The number of nitrogens with zero attached hydrogens (tertiary/aromatic N) is 2. The summed E-state index contributed by atoms with van der Waals surface area (Å²) in [5.74, 6) is -0.585. The molecule has 1 aromatic heterocycles. The topological polar surface area (TPSA) is 59.2 Å². The second-order valence-corrected chi connectivity index (χ2v) is 5.13. The highest BCUT2D eigenvalue weighted by atomic mass is 35.5. The van der Waals surface area contributed by atoms with Gasteiger partial charge in [0.1, 0.15) is 11.0 Å². The summed E-state index contributed by atoms with van der Waals surface area (Å²) in [5, 5.41) is 0.204. The maximum Gasteiger partial charge on any atom is 0.256 e. The molecule has 1 unspecified atom stereocenters. The third-order valence-electron chi connectivity index (χ3n) is 3.39. The van der Waals surface area contributed by atoms with Gasteiger partial charge in [-0.25, -0.2) is 9.37 Å². The molecule has 0 aliphatic heterocycles. The van der Waals surface area contributed by atoms with Crippen molar-refractivity contribution in [3.63, 3.8) is 0 Å². The average molecular weight is 308 g/mol. The molecule has 1 heterocycles. The Balaban J connectivity index is 2.26. The smallest absolute Gasteiger partial charge is 0.256 e. The van der Waals surface area contributed by atoms with Gasteiger partial charge in [-0.3, -0.25) is 4.79 Å². The van der Waals surface area contributed by atoms with Gasteiger partial charge in [0.2, 0.25) is 0 Å². The molecule has 0 radical (unpaired) electrons. The van der Waals surface area contributed by atoms with E-state index in [2.05, 4.69) is 4.98 Å². The van der Waals surface area contributed by atoms with Gasteiger partial charge in [0.05, 0.1) is 23.5 Å². The summed E-state index contributed by atoms with van der Waals surface area (Å²) in [6.07, 6.45) is 1.35.